The van der Waals surface area contributed by atoms with Crippen LogP contribution >= 0.6 is 0 Å². The van der Waals surface area contributed by atoms with E-state index in [-0.39, 0.29) is 0 Å². The van der Waals surface area contributed by atoms with Crippen LogP contribution in [0.4, 0.5) is 4.79 Å². The minimum atomic E-state index is -0.606. The zero-order valence-corrected chi connectivity index (χ0v) is 12.5. The van der Waals surface area contributed by atoms with E-state index in [0.717, 1.165) is 28.2 Å². The molecule has 3 rings (SSSR count). The Labute approximate surface area is 128 Å². The Bertz CT molecular complexity index is 699. The Hall–Kier alpha value is -2.69. The van der Waals surface area contributed by atoms with Crippen LogP contribution in [0.2, 0.25) is 0 Å². The van der Waals surface area contributed by atoms with Crippen molar-refractivity contribution in [2.75, 3.05) is 14.2 Å². The molecular formula is C17H17NO4. The number of amides is 1. The molecule has 22 heavy (non-hydrogen) atoms. The molecule has 1 aliphatic heterocycles. The highest BCUT2D eigenvalue weighted by Gasteiger charge is 2.28. The average molecular weight is 299 g/mol. The zero-order chi connectivity index (χ0) is 15.5. The van der Waals surface area contributed by atoms with E-state index < -0.39 is 12.4 Å². The van der Waals surface area contributed by atoms with Gasteiger partial charge in [0.05, 0.1) is 13.5 Å². The van der Waals surface area contributed by atoms with Crippen LogP contribution in [0, 0.1) is 0 Å². The van der Waals surface area contributed by atoms with Gasteiger partial charge in [-0.25, -0.2) is 4.79 Å². The SMILES string of the molecule is CNC(=O)OC1Cc2cccc(-c3ccccc3OC)c2O1. The monoisotopic (exact) mass is 299 g/mol. The predicted molar refractivity (Wildman–Crippen MR) is 82.1 cm³/mol. The molecule has 0 bridgehead atoms. The second-order valence-corrected chi connectivity index (χ2v) is 4.90. The van der Waals surface area contributed by atoms with Crippen LogP contribution < -0.4 is 14.8 Å². The lowest BCUT2D eigenvalue weighted by Crippen LogP contribution is -2.28. The summed E-state index contributed by atoms with van der Waals surface area (Å²) in [5.74, 6) is 1.51. The van der Waals surface area contributed by atoms with E-state index in [4.69, 9.17) is 14.2 Å². The van der Waals surface area contributed by atoms with Crippen LogP contribution in [0.5, 0.6) is 11.5 Å². The van der Waals surface area contributed by atoms with Crippen LogP contribution in [0.3, 0.4) is 0 Å². The molecule has 0 fully saturated rings. The van der Waals surface area contributed by atoms with Crippen molar-refractivity contribution in [1.82, 2.24) is 5.32 Å². The molecule has 1 unspecified atom stereocenters. The predicted octanol–water partition coefficient (Wildman–Crippen LogP) is 2.98. The third kappa shape index (κ3) is 2.57. The molecule has 0 saturated carbocycles. The minimum Gasteiger partial charge on any atom is -0.496 e. The van der Waals surface area contributed by atoms with E-state index in [2.05, 4.69) is 5.32 Å². The molecular weight excluding hydrogens is 282 g/mol. The van der Waals surface area contributed by atoms with Gasteiger partial charge in [0.2, 0.25) is 6.29 Å². The maximum Gasteiger partial charge on any atom is 0.409 e. The summed E-state index contributed by atoms with van der Waals surface area (Å²) >= 11 is 0. The summed E-state index contributed by atoms with van der Waals surface area (Å²) in [5, 5.41) is 2.42. The Morgan fingerprint density at radius 1 is 1.18 bits per heavy atom. The first-order valence-corrected chi connectivity index (χ1v) is 7.03. The van der Waals surface area contributed by atoms with Crippen LogP contribution in [-0.4, -0.2) is 26.5 Å². The number of fused-ring (bicyclic) bond motifs is 1. The topological polar surface area (TPSA) is 56.8 Å². The first-order chi connectivity index (χ1) is 10.7. The molecule has 1 aliphatic rings. The fraction of sp³-hybridized carbons (Fsp3) is 0.235. The van der Waals surface area contributed by atoms with Gasteiger partial charge in [0, 0.05) is 23.7 Å². The fourth-order valence-corrected chi connectivity index (χ4v) is 2.56. The van der Waals surface area contributed by atoms with Crippen LogP contribution in [0.1, 0.15) is 5.56 Å². The third-order valence-corrected chi connectivity index (χ3v) is 3.57. The van der Waals surface area contributed by atoms with Gasteiger partial charge >= 0.3 is 6.09 Å². The number of hydrogen-bond acceptors (Lipinski definition) is 4. The van der Waals surface area contributed by atoms with Gasteiger partial charge in [0.15, 0.2) is 0 Å². The van der Waals surface area contributed by atoms with Crippen molar-refractivity contribution in [2.45, 2.75) is 12.7 Å². The van der Waals surface area contributed by atoms with Crippen molar-refractivity contribution >= 4 is 6.09 Å². The van der Waals surface area contributed by atoms with Crippen molar-refractivity contribution in [3.63, 3.8) is 0 Å². The molecule has 5 heteroatoms. The van der Waals surface area contributed by atoms with Crippen molar-refractivity contribution in [3.05, 3.63) is 48.0 Å². The van der Waals surface area contributed by atoms with Gasteiger partial charge in [-0.05, 0) is 6.07 Å². The molecule has 0 radical (unpaired) electrons. The number of rotatable bonds is 3. The number of carbonyl (C=O) groups is 1. The molecule has 0 aromatic heterocycles. The summed E-state index contributed by atoms with van der Waals surface area (Å²) in [4.78, 5) is 11.3. The van der Waals surface area contributed by atoms with Crippen molar-refractivity contribution in [1.29, 1.82) is 0 Å². The highest BCUT2D eigenvalue weighted by molar-refractivity contribution is 5.77. The Balaban J connectivity index is 1.95. The average Bonchev–Trinajstić information content (AvgIpc) is 2.96. The number of para-hydroxylation sites is 2. The van der Waals surface area contributed by atoms with Gasteiger partial charge in [0.25, 0.3) is 0 Å². The summed E-state index contributed by atoms with van der Waals surface area (Å²) in [6.07, 6.45) is -0.575. The van der Waals surface area contributed by atoms with E-state index >= 15 is 0 Å². The van der Waals surface area contributed by atoms with Crippen LogP contribution in [-0.2, 0) is 11.2 Å². The normalized spacial score (nSPS) is 15.6. The fourth-order valence-electron chi connectivity index (χ4n) is 2.56. The molecule has 2 aromatic rings. The van der Waals surface area contributed by atoms with E-state index in [1.165, 1.54) is 7.05 Å². The van der Waals surface area contributed by atoms with E-state index in [1.807, 2.05) is 42.5 Å². The molecule has 1 amide bonds. The third-order valence-electron chi connectivity index (χ3n) is 3.57. The number of ether oxygens (including phenoxy) is 3. The first-order valence-electron chi connectivity index (χ1n) is 7.03. The summed E-state index contributed by atoms with van der Waals surface area (Å²) in [6, 6.07) is 13.7. The molecule has 0 aliphatic carbocycles. The highest BCUT2D eigenvalue weighted by atomic mass is 16.7. The smallest absolute Gasteiger partial charge is 0.409 e. The van der Waals surface area contributed by atoms with Crippen molar-refractivity contribution < 1.29 is 19.0 Å². The molecule has 1 atom stereocenters. The number of benzene rings is 2. The second kappa shape index (κ2) is 5.97. The van der Waals surface area contributed by atoms with E-state index in [1.54, 1.807) is 7.11 Å². The Kier molecular flexibility index (Phi) is 3.87. The molecule has 5 nitrogen and oxygen atoms in total. The summed E-state index contributed by atoms with van der Waals surface area (Å²) in [7, 11) is 3.16. The number of alkyl carbamates (subject to hydrolysis) is 1. The van der Waals surface area contributed by atoms with Crippen molar-refractivity contribution in [3.8, 4) is 22.6 Å². The molecule has 114 valence electrons. The van der Waals surface area contributed by atoms with Gasteiger partial charge < -0.3 is 19.5 Å². The van der Waals surface area contributed by atoms with Gasteiger partial charge in [0.1, 0.15) is 11.5 Å². The first kappa shape index (κ1) is 14.3. The Morgan fingerprint density at radius 2 is 1.95 bits per heavy atom. The molecule has 0 saturated heterocycles. The minimum absolute atomic E-state index is 0.503. The summed E-state index contributed by atoms with van der Waals surface area (Å²) in [5.41, 5.74) is 2.89. The number of hydrogen-bond donors (Lipinski definition) is 1. The lowest BCUT2D eigenvalue weighted by molar-refractivity contribution is -0.0153. The standard InChI is InChI=1S/C17H17NO4/c1-18-17(19)22-15-10-11-6-5-8-13(16(11)21-15)12-7-3-4-9-14(12)20-2/h3-9,15H,10H2,1-2H3,(H,18,19). The van der Waals surface area contributed by atoms with E-state index in [0.29, 0.717) is 6.42 Å². The zero-order valence-electron chi connectivity index (χ0n) is 12.5. The second-order valence-electron chi connectivity index (χ2n) is 4.90. The van der Waals surface area contributed by atoms with Gasteiger partial charge in [-0.2, -0.15) is 0 Å². The number of methoxy groups -OCH3 is 1. The quantitative estimate of drug-likeness (QED) is 0.946. The van der Waals surface area contributed by atoms with E-state index in [9.17, 15) is 4.79 Å². The van der Waals surface area contributed by atoms with Crippen molar-refractivity contribution in [2.24, 2.45) is 0 Å². The lowest BCUT2D eigenvalue weighted by Gasteiger charge is -2.14. The maximum atomic E-state index is 11.3. The van der Waals surface area contributed by atoms with Crippen LogP contribution in [0.25, 0.3) is 11.1 Å². The molecule has 2 aromatic carbocycles. The maximum absolute atomic E-state index is 11.3. The van der Waals surface area contributed by atoms with Gasteiger partial charge in [-0.1, -0.05) is 36.4 Å². The lowest BCUT2D eigenvalue weighted by atomic mass is 10.0. The largest absolute Gasteiger partial charge is 0.496 e. The molecule has 1 heterocycles. The molecule has 1 N–H and O–H groups in total. The highest BCUT2D eigenvalue weighted by Crippen LogP contribution is 2.42. The van der Waals surface area contributed by atoms with Gasteiger partial charge in [-0.3, -0.25) is 0 Å². The Morgan fingerprint density at radius 3 is 2.73 bits per heavy atom. The van der Waals surface area contributed by atoms with Gasteiger partial charge in [-0.15, -0.1) is 0 Å². The number of carbonyl (C=O) groups excluding carboxylic acids is 1. The summed E-state index contributed by atoms with van der Waals surface area (Å²) in [6.45, 7) is 0. The number of nitrogens with one attached hydrogen (secondary N) is 1. The summed E-state index contributed by atoms with van der Waals surface area (Å²) < 4.78 is 16.4. The molecule has 0 spiro atoms. The van der Waals surface area contributed by atoms with Crippen LogP contribution in [0.15, 0.2) is 42.5 Å².